The lowest BCUT2D eigenvalue weighted by Crippen LogP contribution is -2.41. The number of ether oxygens (including phenoxy) is 1. The number of hydrogen-bond donors (Lipinski definition) is 3. The van der Waals surface area contributed by atoms with Crippen molar-refractivity contribution in [2.45, 2.75) is 5.92 Å². The summed E-state index contributed by atoms with van der Waals surface area (Å²) in [6.45, 7) is 1.89. The van der Waals surface area contributed by atoms with Crippen molar-refractivity contribution < 1.29 is 9.84 Å². The van der Waals surface area contributed by atoms with Gasteiger partial charge in [0.15, 0.2) is 5.96 Å². The summed E-state index contributed by atoms with van der Waals surface area (Å²) in [5.41, 5.74) is 1.11. The number of guanidine groups is 1. The number of aliphatic hydroxyl groups excluding tert-OH is 1. The van der Waals surface area contributed by atoms with Crippen LogP contribution in [0.3, 0.4) is 0 Å². The Balaban J connectivity index is 1.72. The van der Waals surface area contributed by atoms with Crippen LogP contribution in [0, 0.1) is 0 Å². The number of para-hydroxylation sites is 1. The summed E-state index contributed by atoms with van der Waals surface area (Å²) >= 11 is 0. The SMILES string of the molecule is CN=C(NCCOc1ccccc1)NCC(CO)c1ccccc1. The molecule has 24 heavy (non-hydrogen) atoms. The van der Waals surface area contributed by atoms with E-state index in [1.54, 1.807) is 7.05 Å². The average molecular weight is 327 g/mol. The van der Waals surface area contributed by atoms with E-state index in [1.807, 2.05) is 60.7 Å². The third-order valence-electron chi connectivity index (χ3n) is 3.64. The predicted octanol–water partition coefficient (Wildman–Crippen LogP) is 2.01. The van der Waals surface area contributed by atoms with Gasteiger partial charge in [-0.3, -0.25) is 4.99 Å². The number of rotatable bonds is 8. The van der Waals surface area contributed by atoms with E-state index in [0.717, 1.165) is 11.3 Å². The van der Waals surface area contributed by atoms with Crippen LogP contribution in [0.15, 0.2) is 65.7 Å². The van der Waals surface area contributed by atoms with Crippen molar-refractivity contribution in [3.05, 3.63) is 66.2 Å². The molecule has 2 aromatic rings. The number of aliphatic imine (C=N–C) groups is 1. The van der Waals surface area contributed by atoms with Crippen LogP contribution >= 0.6 is 0 Å². The van der Waals surface area contributed by atoms with Crippen molar-refractivity contribution in [2.24, 2.45) is 4.99 Å². The first kappa shape index (κ1) is 17.8. The number of benzene rings is 2. The van der Waals surface area contributed by atoms with Crippen LogP contribution in [-0.4, -0.2) is 44.4 Å². The van der Waals surface area contributed by atoms with E-state index in [9.17, 15) is 5.11 Å². The Morgan fingerprint density at radius 1 is 1.04 bits per heavy atom. The third kappa shape index (κ3) is 5.93. The van der Waals surface area contributed by atoms with Crippen LogP contribution < -0.4 is 15.4 Å². The highest BCUT2D eigenvalue weighted by atomic mass is 16.5. The van der Waals surface area contributed by atoms with Crippen LogP contribution in [0.1, 0.15) is 11.5 Å². The van der Waals surface area contributed by atoms with E-state index >= 15 is 0 Å². The van der Waals surface area contributed by atoms with Gasteiger partial charge in [-0.15, -0.1) is 0 Å². The summed E-state index contributed by atoms with van der Waals surface area (Å²) in [7, 11) is 1.73. The Morgan fingerprint density at radius 3 is 2.33 bits per heavy atom. The molecule has 0 saturated heterocycles. The van der Waals surface area contributed by atoms with Gasteiger partial charge in [-0.05, 0) is 17.7 Å². The van der Waals surface area contributed by atoms with Gasteiger partial charge in [-0.1, -0.05) is 48.5 Å². The summed E-state index contributed by atoms with van der Waals surface area (Å²) in [6.07, 6.45) is 0. The first-order valence-electron chi connectivity index (χ1n) is 8.11. The average Bonchev–Trinajstić information content (AvgIpc) is 2.65. The molecule has 0 amide bonds. The predicted molar refractivity (Wildman–Crippen MR) is 97.6 cm³/mol. The van der Waals surface area contributed by atoms with Gasteiger partial charge in [0.2, 0.25) is 0 Å². The molecule has 0 aliphatic heterocycles. The second kappa shape index (κ2) is 10.3. The fourth-order valence-corrected chi connectivity index (χ4v) is 2.31. The number of hydrogen-bond acceptors (Lipinski definition) is 3. The summed E-state index contributed by atoms with van der Waals surface area (Å²) in [6, 6.07) is 19.7. The number of aliphatic hydroxyl groups is 1. The lowest BCUT2D eigenvalue weighted by molar-refractivity contribution is 0.265. The van der Waals surface area contributed by atoms with Gasteiger partial charge in [-0.25, -0.2) is 0 Å². The second-order valence-electron chi connectivity index (χ2n) is 5.33. The highest BCUT2D eigenvalue weighted by molar-refractivity contribution is 5.79. The maximum atomic E-state index is 9.58. The molecule has 5 heteroatoms. The van der Waals surface area contributed by atoms with Gasteiger partial charge in [0.25, 0.3) is 0 Å². The number of nitrogens with zero attached hydrogens (tertiary/aromatic N) is 1. The Kier molecular flexibility index (Phi) is 7.63. The van der Waals surface area contributed by atoms with E-state index in [-0.39, 0.29) is 12.5 Å². The molecule has 2 aromatic carbocycles. The third-order valence-corrected chi connectivity index (χ3v) is 3.64. The fraction of sp³-hybridized carbons (Fsp3) is 0.316. The zero-order valence-electron chi connectivity index (χ0n) is 14.0. The normalized spacial score (nSPS) is 12.5. The standard InChI is InChI=1S/C19H25N3O2/c1-20-19(21-12-13-24-18-10-6-3-7-11-18)22-14-17(15-23)16-8-4-2-5-9-16/h2-11,17,23H,12-15H2,1H3,(H2,20,21,22). The molecule has 0 fully saturated rings. The molecule has 0 aliphatic rings. The Bertz CT molecular complexity index is 603. The summed E-state index contributed by atoms with van der Waals surface area (Å²) in [5.74, 6) is 1.58. The molecule has 1 atom stereocenters. The van der Waals surface area contributed by atoms with Gasteiger partial charge in [0.1, 0.15) is 12.4 Å². The van der Waals surface area contributed by atoms with Crippen molar-refractivity contribution in [1.29, 1.82) is 0 Å². The van der Waals surface area contributed by atoms with Crippen molar-refractivity contribution in [3.63, 3.8) is 0 Å². The van der Waals surface area contributed by atoms with Crippen LogP contribution in [-0.2, 0) is 0 Å². The minimum Gasteiger partial charge on any atom is -0.492 e. The summed E-state index contributed by atoms with van der Waals surface area (Å²) < 4.78 is 5.63. The maximum Gasteiger partial charge on any atom is 0.191 e. The molecule has 0 heterocycles. The van der Waals surface area contributed by atoms with Gasteiger partial charge in [0, 0.05) is 19.5 Å². The van der Waals surface area contributed by atoms with Crippen molar-refractivity contribution in [3.8, 4) is 5.75 Å². The minimum absolute atomic E-state index is 0.0327. The smallest absolute Gasteiger partial charge is 0.191 e. The topological polar surface area (TPSA) is 65.9 Å². The van der Waals surface area contributed by atoms with Crippen molar-refractivity contribution in [1.82, 2.24) is 10.6 Å². The first-order chi connectivity index (χ1) is 11.8. The molecule has 128 valence electrons. The quantitative estimate of drug-likeness (QED) is 0.394. The van der Waals surface area contributed by atoms with Gasteiger partial charge < -0.3 is 20.5 Å². The molecule has 0 aliphatic carbocycles. The monoisotopic (exact) mass is 327 g/mol. The minimum atomic E-state index is 0.0327. The lowest BCUT2D eigenvalue weighted by Gasteiger charge is -2.18. The molecule has 0 saturated carbocycles. The largest absolute Gasteiger partial charge is 0.492 e. The molecule has 2 rings (SSSR count). The Labute approximate surface area is 143 Å². The van der Waals surface area contributed by atoms with E-state index in [2.05, 4.69) is 15.6 Å². The maximum absolute atomic E-state index is 9.58. The zero-order chi connectivity index (χ0) is 17.0. The van der Waals surface area contributed by atoms with Crippen molar-refractivity contribution >= 4 is 5.96 Å². The number of nitrogens with one attached hydrogen (secondary N) is 2. The molecule has 0 bridgehead atoms. The van der Waals surface area contributed by atoms with Gasteiger partial charge in [0.05, 0.1) is 13.2 Å². The zero-order valence-corrected chi connectivity index (χ0v) is 14.0. The first-order valence-corrected chi connectivity index (χ1v) is 8.11. The van der Waals surface area contributed by atoms with E-state index in [4.69, 9.17) is 4.74 Å². The molecule has 1 unspecified atom stereocenters. The van der Waals surface area contributed by atoms with E-state index in [1.165, 1.54) is 0 Å². The molecule has 0 aromatic heterocycles. The van der Waals surface area contributed by atoms with Crippen LogP contribution in [0.2, 0.25) is 0 Å². The lowest BCUT2D eigenvalue weighted by atomic mass is 10.0. The molecule has 5 nitrogen and oxygen atoms in total. The van der Waals surface area contributed by atoms with Crippen LogP contribution in [0.5, 0.6) is 5.75 Å². The van der Waals surface area contributed by atoms with E-state index in [0.29, 0.717) is 25.7 Å². The van der Waals surface area contributed by atoms with Gasteiger partial charge in [-0.2, -0.15) is 0 Å². The van der Waals surface area contributed by atoms with Crippen LogP contribution in [0.4, 0.5) is 0 Å². The highest BCUT2D eigenvalue weighted by Gasteiger charge is 2.10. The fourth-order valence-electron chi connectivity index (χ4n) is 2.31. The molecular formula is C19H25N3O2. The van der Waals surface area contributed by atoms with E-state index < -0.39 is 0 Å². The van der Waals surface area contributed by atoms with Crippen molar-refractivity contribution in [2.75, 3.05) is 33.4 Å². The Hall–Kier alpha value is -2.53. The summed E-state index contributed by atoms with van der Waals surface area (Å²) in [5, 5.41) is 16.0. The Morgan fingerprint density at radius 2 is 1.71 bits per heavy atom. The highest BCUT2D eigenvalue weighted by Crippen LogP contribution is 2.13. The molecular weight excluding hydrogens is 302 g/mol. The van der Waals surface area contributed by atoms with Gasteiger partial charge >= 0.3 is 0 Å². The van der Waals surface area contributed by atoms with Crippen LogP contribution in [0.25, 0.3) is 0 Å². The summed E-state index contributed by atoms with van der Waals surface area (Å²) in [4.78, 5) is 4.19. The molecule has 0 radical (unpaired) electrons. The molecule has 0 spiro atoms. The second-order valence-corrected chi connectivity index (χ2v) is 5.33. The molecule has 3 N–H and O–H groups in total.